The molecule has 3 N–H and O–H groups in total. The first-order chi connectivity index (χ1) is 7.25. The van der Waals surface area contributed by atoms with E-state index in [1.165, 1.54) is 24.3 Å². The van der Waals surface area contributed by atoms with E-state index in [1.54, 1.807) is 0 Å². The zero-order valence-corrected chi connectivity index (χ0v) is 10.9. The average molecular weight is 287 g/mol. The number of nitrogens with two attached hydrogens (primary N) is 1. The minimum absolute atomic E-state index is 0.665. The summed E-state index contributed by atoms with van der Waals surface area (Å²) in [5, 5.41) is 3.49. The Morgan fingerprint density at radius 2 is 2.40 bits per heavy atom. The minimum Gasteiger partial charge on any atom is -0.398 e. The number of rotatable bonds is 3. The fraction of sp³-hybridized carbons (Fsp3) is 0.455. The van der Waals surface area contributed by atoms with Crippen molar-refractivity contribution < 1.29 is 0 Å². The van der Waals surface area contributed by atoms with E-state index in [0.717, 1.165) is 15.9 Å². The smallest absolute Gasteiger partial charge is 0.0463 e. The molecule has 1 fully saturated rings. The first-order valence-corrected chi connectivity index (χ1v) is 6.95. The van der Waals surface area contributed by atoms with E-state index in [4.69, 9.17) is 5.73 Å². The van der Waals surface area contributed by atoms with Crippen LogP contribution in [-0.4, -0.2) is 18.3 Å². The van der Waals surface area contributed by atoms with Crippen LogP contribution in [0.1, 0.15) is 12.8 Å². The summed E-state index contributed by atoms with van der Waals surface area (Å²) in [6.45, 7) is 1.17. The summed E-state index contributed by atoms with van der Waals surface area (Å²) >= 11 is 5.26. The van der Waals surface area contributed by atoms with E-state index in [0.29, 0.717) is 6.04 Å². The van der Waals surface area contributed by atoms with Crippen LogP contribution >= 0.6 is 27.7 Å². The molecule has 0 spiro atoms. The Morgan fingerprint density at radius 1 is 1.53 bits per heavy atom. The Labute approximate surface area is 103 Å². The van der Waals surface area contributed by atoms with Gasteiger partial charge in [0.15, 0.2) is 0 Å². The van der Waals surface area contributed by atoms with Crippen molar-refractivity contribution in [3.8, 4) is 0 Å². The molecule has 0 radical (unpaired) electrons. The van der Waals surface area contributed by atoms with E-state index in [9.17, 15) is 0 Å². The molecule has 0 unspecified atom stereocenters. The van der Waals surface area contributed by atoms with Crippen molar-refractivity contribution in [1.82, 2.24) is 5.32 Å². The van der Waals surface area contributed by atoms with Gasteiger partial charge in [0.05, 0.1) is 0 Å². The third-order valence-corrected chi connectivity index (χ3v) is 4.32. The van der Waals surface area contributed by atoms with Crippen LogP contribution in [0, 0.1) is 0 Å². The molecule has 1 heterocycles. The van der Waals surface area contributed by atoms with E-state index >= 15 is 0 Å². The van der Waals surface area contributed by atoms with Crippen molar-refractivity contribution in [3.05, 3.63) is 22.7 Å². The van der Waals surface area contributed by atoms with Gasteiger partial charge in [0.2, 0.25) is 0 Å². The van der Waals surface area contributed by atoms with Gasteiger partial charge in [-0.1, -0.05) is 15.9 Å². The average Bonchev–Trinajstić information content (AvgIpc) is 2.69. The molecule has 0 saturated carbocycles. The van der Waals surface area contributed by atoms with Crippen molar-refractivity contribution in [2.45, 2.75) is 23.8 Å². The quantitative estimate of drug-likeness (QED) is 0.663. The monoisotopic (exact) mass is 286 g/mol. The molecular formula is C11H15BrN2S. The number of nitrogen functional groups attached to an aromatic ring is 1. The first kappa shape index (κ1) is 11.3. The molecular weight excluding hydrogens is 272 g/mol. The summed E-state index contributed by atoms with van der Waals surface area (Å²) in [6, 6.07) is 6.75. The molecule has 2 nitrogen and oxygen atoms in total. The molecule has 0 aromatic heterocycles. The van der Waals surface area contributed by atoms with Crippen LogP contribution in [-0.2, 0) is 0 Å². The van der Waals surface area contributed by atoms with Crippen LogP contribution < -0.4 is 11.1 Å². The van der Waals surface area contributed by atoms with Gasteiger partial charge in [0, 0.05) is 26.9 Å². The Kier molecular flexibility index (Phi) is 3.94. The van der Waals surface area contributed by atoms with Crippen LogP contribution in [0.25, 0.3) is 0 Å². The van der Waals surface area contributed by atoms with E-state index in [2.05, 4.69) is 27.3 Å². The lowest BCUT2D eigenvalue weighted by Crippen LogP contribution is -2.23. The SMILES string of the molecule is Nc1cc(Br)ccc1SC[C@@H]1CCCN1. The topological polar surface area (TPSA) is 38.0 Å². The van der Waals surface area contributed by atoms with Gasteiger partial charge in [0.1, 0.15) is 0 Å². The second-order valence-corrected chi connectivity index (χ2v) is 5.76. The number of anilines is 1. The third-order valence-electron chi connectivity index (χ3n) is 2.57. The maximum Gasteiger partial charge on any atom is 0.0463 e. The van der Waals surface area contributed by atoms with Crippen LogP contribution in [0.2, 0.25) is 0 Å². The van der Waals surface area contributed by atoms with Crippen molar-refractivity contribution >= 4 is 33.4 Å². The Balaban J connectivity index is 1.92. The molecule has 0 bridgehead atoms. The second-order valence-electron chi connectivity index (χ2n) is 3.79. The summed E-state index contributed by atoms with van der Waals surface area (Å²) in [5.41, 5.74) is 6.80. The minimum atomic E-state index is 0.665. The molecule has 1 aromatic carbocycles. The van der Waals surface area contributed by atoms with Gasteiger partial charge in [0.25, 0.3) is 0 Å². The lowest BCUT2D eigenvalue weighted by molar-refractivity contribution is 0.674. The molecule has 1 saturated heterocycles. The van der Waals surface area contributed by atoms with E-state index < -0.39 is 0 Å². The van der Waals surface area contributed by atoms with Crippen LogP contribution in [0.4, 0.5) is 5.69 Å². The number of hydrogen-bond acceptors (Lipinski definition) is 3. The predicted octanol–water partition coefficient (Wildman–Crippen LogP) is 2.88. The summed E-state index contributed by atoms with van der Waals surface area (Å²) in [6.07, 6.45) is 2.60. The summed E-state index contributed by atoms with van der Waals surface area (Å²) in [7, 11) is 0. The van der Waals surface area contributed by atoms with Gasteiger partial charge in [-0.2, -0.15) is 0 Å². The van der Waals surface area contributed by atoms with Crippen LogP contribution in [0.15, 0.2) is 27.6 Å². The highest BCUT2D eigenvalue weighted by Gasteiger charge is 2.14. The van der Waals surface area contributed by atoms with Gasteiger partial charge in [-0.3, -0.25) is 0 Å². The van der Waals surface area contributed by atoms with Gasteiger partial charge < -0.3 is 11.1 Å². The van der Waals surface area contributed by atoms with E-state index in [-0.39, 0.29) is 0 Å². The highest BCUT2D eigenvalue weighted by molar-refractivity contribution is 9.10. The van der Waals surface area contributed by atoms with Gasteiger partial charge in [-0.15, -0.1) is 11.8 Å². The zero-order chi connectivity index (χ0) is 10.7. The highest BCUT2D eigenvalue weighted by Crippen LogP contribution is 2.29. The lowest BCUT2D eigenvalue weighted by atomic mass is 10.3. The number of nitrogens with one attached hydrogen (secondary N) is 1. The molecule has 1 aliphatic heterocycles. The molecule has 2 rings (SSSR count). The largest absolute Gasteiger partial charge is 0.398 e. The molecule has 1 atom stereocenters. The highest BCUT2D eigenvalue weighted by atomic mass is 79.9. The maximum absolute atomic E-state index is 5.93. The maximum atomic E-state index is 5.93. The molecule has 0 amide bonds. The first-order valence-electron chi connectivity index (χ1n) is 5.17. The van der Waals surface area contributed by atoms with Crippen molar-refractivity contribution in [1.29, 1.82) is 0 Å². The molecule has 4 heteroatoms. The standard InChI is InChI=1S/C11H15BrN2S/c12-8-3-4-11(10(13)6-8)15-7-9-2-1-5-14-9/h3-4,6,9,14H,1-2,5,7,13H2/t9-/m0/s1. The third kappa shape index (κ3) is 3.13. The van der Waals surface area contributed by atoms with Gasteiger partial charge >= 0.3 is 0 Å². The van der Waals surface area contributed by atoms with Crippen molar-refractivity contribution in [2.75, 3.05) is 18.0 Å². The molecule has 0 aliphatic carbocycles. The number of halogens is 1. The Bertz CT molecular complexity index is 337. The predicted molar refractivity (Wildman–Crippen MR) is 70.3 cm³/mol. The molecule has 82 valence electrons. The molecule has 1 aromatic rings. The van der Waals surface area contributed by atoms with E-state index in [1.807, 2.05) is 23.9 Å². The van der Waals surface area contributed by atoms with Gasteiger partial charge in [-0.05, 0) is 37.6 Å². The molecule has 15 heavy (non-hydrogen) atoms. The van der Waals surface area contributed by atoms with Crippen LogP contribution in [0.5, 0.6) is 0 Å². The summed E-state index contributed by atoms with van der Waals surface area (Å²) in [4.78, 5) is 1.19. The summed E-state index contributed by atoms with van der Waals surface area (Å²) < 4.78 is 1.04. The van der Waals surface area contributed by atoms with Gasteiger partial charge in [-0.25, -0.2) is 0 Å². The molecule has 1 aliphatic rings. The normalized spacial score (nSPS) is 20.7. The Morgan fingerprint density at radius 3 is 3.07 bits per heavy atom. The summed E-state index contributed by atoms with van der Waals surface area (Å²) in [5.74, 6) is 1.12. The Hall–Kier alpha value is -0.190. The lowest BCUT2D eigenvalue weighted by Gasteiger charge is -2.10. The number of thioether (sulfide) groups is 1. The number of hydrogen-bond donors (Lipinski definition) is 2. The second kappa shape index (κ2) is 5.23. The fourth-order valence-electron chi connectivity index (χ4n) is 1.74. The van der Waals surface area contributed by atoms with Crippen molar-refractivity contribution in [2.24, 2.45) is 0 Å². The van der Waals surface area contributed by atoms with Crippen molar-refractivity contribution in [3.63, 3.8) is 0 Å². The van der Waals surface area contributed by atoms with Crippen LogP contribution in [0.3, 0.4) is 0 Å². The fourth-order valence-corrected chi connectivity index (χ4v) is 3.17. The zero-order valence-electron chi connectivity index (χ0n) is 8.50. The number of benzene rings is 1.